The van der Waals surface area contributed by atoms with E-state index in [4.69, 9.17) is 9.90 Å². The first-order chi connectivity index (χ1) is 7.36. The van der Waals surface area contributed by atoms with Crippen LogP contribution in [-0.4, -0.2) is 24.7 Å². The van der Waals surface area contributed by atoms with E-state index < -0.39 is 0 Å². The van der Waals surface area contributed by atoms with Gasteiger partial charge in [0.25, 0.3) is 6.47 Å². The van der Waals surface area contributed by atoms with Crippen molar-refractivity contribution in [1.82, 2.24) is 5.32 Å². The highest BCUT2D eigenvalue weighted by molar-refractivity contribution is 5.32. The molecule has 2 N–H and O–H groups in total. The van der Waals surface area contributed by atoms with Crippen molar-refractivity contribution < 1.29 is 9.90 Å². The number of carboxylic acid groups (broad SMARTS) is 1. The highest BCUT2D eigenvalue weighted by Gasteiger charge is 2.13. The van der Waals surface area contributed by atoms with E-state index in [0.717, 1.165) is 5.92 Å². The molecule has 1 unspecified atom stereocenters. The zero-order valence-electron chi connectivity index (χ0n) is 8.73. The minimum atomic E-state index is -0.250. The van der Waals surface area contributed by atoms with Gasteiger partial charge in [0.15, 0.2) is 0 Å². The van der Waals surface area contributed by atoms with E-state index >= 15 is 0 Å². The van der Waals surface area contributed by atoms with Gasteiger partial charge in [0.05, 0.1) is 0 Å². The van der Waals surface area contributed by atoms with Gasteiger partial charge in [0, 0.05) is 0 Å². The Bertz CT molecular complexity index is 268. The molecular weight excluding hydrogens is 190 g/mol. The predicted molar refractivity (Wildman–Crippen MR) is 59.8 cm³/mol. The lowest BCUT2D eigenvalue weighted by molar-refractivity contribution is -0.122. The quantitative estimate of drug-likeness (QED) is 0.723. The summed E-state index contributed by atoms with van der Waals surface area (Å²) in [5.74, 6) is 0.868. The van der Waals surface area contributed by atoms with E-state index in [1.165, 1.54) is 31.5 Å². The van der Waals surface area contributed by atoms with Crippen LogP contribution in [0.3, 0.4) is 0 Å². The topological polar surface area (TPSA) is 49.3 Å². The van der Waals surface area contributed by atoms with Crippen LogP contribution >= 0.6 is 0 Å². The molecule has 0 aliphatic carbocycles. The van der Waals surface area contributed by atoms with Gasteiger partial charge in [0.2, 0.25) is 0 Å². The minimum Gasteiger partial charge on any atom is -0.483 e. The molecular formula is C12H17NO2. The molecule has 1 fully saturated rings. The summed E-state index contributed by atoms with van der Waals surface area (Å²) in [6.45, 7) is 2.16. The highest BCUT2D eigenvalue weighted by atomic mass is 16.3. The fourth-order valence-corrected chi connectivity index (χ4v) is 1.84. The molecule has 82 valence electrons. The largest absolute Gasteiger partial charge is 0.483 e. The second-order valence-electron chi connectivity index (χ2n) is 3.65. The Balaban J connectivity index is 0.000000337. The Kier molecular flexibility index (Phi) is 5.48. The van der Waals surface area contributed by atoms with Gasteiger partial charge in [-0.3, -0.25) is 4.79 Å². The monoisotopic (exact) mass is 207 g/mol. The van der Waals surface area contributed by atoms with Gasteiger partial charge in [0.1, 0.15) is 0 Å². The van der Waals surface area contributed by atoms with E-state index in [9.17, 15) is 0 Å². The van der Waals surface area contributed by atoms with E-state index in [-0.39, 0.29) is 6.47 Å². The van der Waals surface area contributed by atoms with E-state index in [1.54, 1.807) is 0 Å². The van der Waals surface area contributed by atoms with Crippen LogP contribution in [0.5, 0.6) is 0 Å². The number of rotatable bonds is 2. The third-order valence-corrected chi connectivity index (χ3v) is 2.53. The molecule has 2 rings (SSSR count). The average Bonchev–Trinajstić information content (AvgIpc) is 2.73. The van der Waals surface area contributed by atoms with Gasteiger partial charge < -0.3 is 10.4 Å². The van der Waals surface area contributed by atoms with Gasteiger partial charge >= 0.3 is 0 Å². The molecule has 1 atom stereocenters. The molecule has 0 saturated carbocycles. The molecule has 1 aromatic carbocycles. The van der Waals surface area contributed by atoms with E-state index in [2.05, 4.69) is 35.6 Å². The minimum absolute atomic E-state index is 0.250. The number of nitrogens with one attached hydrogen (secondary N) is 1. The smallest absolute Gasteiger partial charge is 0.290 e. The van der Waals surface area contributed by atoms with Gasteiger partial charge in [-0.1, -0.05) is 30.3 Å². The first kappa shape index (κ1) is 11.7. The van der Waals surface area contributed by atoms with Crippen molar-refractivity contribution in [3.05, 3.63) is 35.9 Å². The van der Waals surface area contributed by atoms with Crippen LogP contribution in [0.2, 0.25) is 0 Å². The molecule has 1 saturated heterocycles. The normalized spacial score (nSPS) is 19.1. The summed E-state index contributed by atoms with van der Waals surface area (Å²) in [4.78, 5) is 8.36. The van der Waals surface area contributed by atoms with Crippen LogP contribution < -0.4 is 5.32 Å². The van der Waals surface area contributed by atoms with Crippen molar-refractivity contribution in [3.8, 4) is 0 Å². The molecule has 0 spiro atoms. The highest BCUT2D eigenvalue weighted by Crippen LogP contribution is 2.14. The lowest BCUT2D eigenvalue weighted by atomic mass is 9.99. The van der Waals surface area contributed by atoms with Crippen molar-refractivity contribution in [1.29, 1.82) is 0 Å². The molecule has 1 aliphatic rings. The Morgan fingerprint density at radius 1 is 1.40 bits per heavy atom. The summed E-state index contributed by atoms with van der Waals surface area (Å²) in [7, 11) is 0. The summed E-state index contributed by atoms with van der Waals surface area (Å²) in [6.07, 6.45) is 2.59. The Labute approximate surface area is 90.1 Å². The maximum Gasteiger partial charge on any atom is 0.290 e. The molecule has 1 heterocycles. The van der Waals surface area contributed by atoms with E-state index in [0.29, 0.717) is 0 Å². The molecule has 0 radical (unpaired) electrons. The zero-order chi connectivity index (χ0) is 10.9. The Hall–Kier alpha value is -1.35. The predicted octanol–water partition coefficient (Wildman–Crippen LogP) is 1.54. The lowest BCUT2D eigenvalue weighted by Gasteiger charge is -2.06. The van der Waals surface area contributed by atoms with Crippen LogP contribution in [0.15, 0.2) is 30.3 Å². The van der Waals surface area contributed by atoms with Crippen LogP contribution in [0.4, 0.5) is 0 Å². The number of carbonyl (C=O) groups is 1. The summed E-state index contributed by atoms with van der Waals surface area (Å²) in [5, 5.41) is 10.3. The van der Waals surface area contributed by atoms with Gasteiger partial charge in [-0.2, -0.15) is 0 Å². The molecule has 0 aromatic heterocycles. The zero-order valence-corrected chi connectivity index (χ0v) is 8.73. The van der Waals surface area contributed by atoms with Crippen molar-refractivity contribution >= 4 is 6.47 Å². The fourth-order valence-electron chi connectivity index (χ4n) is 1.84. The molecule has 0 bridgehead atoms. The maximum atomic E-state index is 8.36. The summed E-state index contributed by atoms with van der Waals surface area (Å²) in [6, 6.07) is 10.8. The van der Waals surface area contributed by atoms with Crippen LogP contribution in [0.25, 0.3) is 0 Å². The SMILES string of the molecule is O=CO.c1ccc(CC2CCNC2)cc1. The van der Waals surface area contributed by atoms with Crippen molar-refractivity contribution in [2.75, 3.05) is 13.1 Å². The van der Waals surface area contributed by atoms with Crippen molar-refractivity contribution in [2.45, 2.75) is 12.8 Å². The van der Waals surface area contributed by atoms with Crippen LogP contribution in [-0.2, 0) is 11.2 Å². The lowest BCUT2D eigenvalue weighted by Crippen LogP contribution is -2.10. The average molecular weight is 207 g/mol. The van der Waals surface area contributed by atoms with Gasteiger partial charge in [-0.15, -0.1) is 0 Å². The number of hydrogen-bond acceptors (Lipinski definition) is 2. The third-order valence-electron chi connectivity index (χ3n) is 2.53. The Morgan fingerprint density at radius 2 is 2.07 bits per heavy atom. The maximum absolute atomic E-state index is 8.36. The summed E-state index contributed by atoms with van der Waals surface area (Å²) < 4.78 is 0. The van der Waals surface area contributed by atoms with Crippen molar-refractivity contribution in [2.24, 2.45) is 5.92 Å². The molecule has 3 nitrogen and oxygen atoms in total. The molecule has 1 aliphatic heterocycles. The fraction of sp³-hybridized carbons (Fsp3) is 0.417. The van der Waals surface area contributed by atoms with Crippen LogP contribution in [0, 0.1) is 5.92 Å². The van der Waals surface area contributed by atoms with Gasteiger partial charge in [-0.25, -0.2) is 0 Å². The van der Waals surface area contributed by atoms with Gasteiger partial charge in [-0.05, 0) is 37.4 Å². The third kappa shape index (κ3) is 4.61. The summed E-state index contributed by atoms with van der Waals surface area (Å²) >= 11 is 0. The van der Waals surface area contributed by atoms with E-state index in [1.807, 2.05) is 0 Å². The number of benzene rings is 1. The molecule has 0 amide bonds. The molecule has 1 aromatic rings. The summed E-state index contributed by atoms with van der Waals surface area (Å²) in [5.41, 5.74) is 1.48. The standard InChI is InChI=1S/C11H15N.CH2O2/c1-2-4-10(5-3-1)8-11-6-7-12-9-11;2-1-3/h1-5,11-12H,6-9H2;1H,(H,2,3). The first-order valence-corrected chi connectivity index (χ1v) is 5.19. The molecule has 15 heavy (non-hydrogen) atoms. The van der Waals surface area contributed by atoms with Crippen LogP contribution in [0.1, 0.15) is 12.0 Å². The molecule has 3 heteroatoms. The second-order valence-corrected chi connectivity index (χ2v) is 3.65. The number of hydrogen-bond donors (Lipinski definition) is 2. The Morgan fingerprint density at radius 3 is 2.60 bits per heavy atom. The first-order valence-electron chi connectivity index (χ1n) is 5.19. The van der Waals surface area contributed by atoms with Crippen molar-refractivity contribution in [3.63, 3.8) is 0 Å². The second kappa shape index (κ2) is 7.01.